The maximum Gasteiger partial charge on any atom is 0.253 e. The van der Waals surface area contributed by atoms with Crippen LogP contribution in [0.2, 0.25) is 0 Å². The monoisotopic (exact) mass is 342 g/mol. The number of hydrogen-bond acceptors (Lipinski definition) is 4. The van der Waals surface area contributed by atoms with E-state index >= 15 is 0 Å². The fraction of sp³-hybridized carbons (Fsp3) is 0.250. The average molecular weight is 343 g/mol. The van der Waals surface area contributed by atoms with Crippen molar-refractivity contribution in [3.05, 3.63) is 28.2 Å². The molecule has 1 aromatic carbocycles. The highest BCUT2D eigenvalue weighted by atomic mass is 79.9. The zero-order valence-corrected chi connectivity index (χ0v) is 12.3. The van der Waals surface area contributed by atoms with Crippen LogP contribution >= 0.6 is 28.6 Å². The quantitative estimate of drug-likeness (QED) is 0.559. The summed E-state index contributed by atoms with van der Waals surface area (Å²) in [5, 5.41) is 4.79. The average Bonchev–Trinajstić information content (AvgIpc) is 2.32. The molecule has 19 heavy (non-hydrogen) atoms. The summed E-state index contributed by atoms with van der Waals surface area (Å²) in [5.74, 6) is -1.16. The van der Waals surface area contributed by atoms with Crippen LogP contribution in [-0.4, -0.2) is 23.8 Å². The summed E-state index contributed by atoms with van der Waals surface area (Å²) in [6.45, 7) is 0. The van der Waals surface area contributed by atoms with Gasteiger partial charge in [0, 0.05) is 15.8 Å². The van der Waals surface area contributed by atoms with Crippen molar-refractivity contribution in [2.45, 2.75) is 23.8 Å². The third kappa shape index (κ3) is 3.36. The van der Waals surface area contributed by atoms with Gasteiger partial charge in [-0.3, -0.25) is 19.7 Å². The third-order valence-electron chi connectivity index (χ3n) is 2.75. The minimum Gasteiger partial charge on any atom is -0.340 e. The third-order valence-corrected chi connectivity index (χ3v) is 3.61. The van der Waals surface area contributed by atoms with Gasteiger partial charge in [0.25, 0.3) is 5.91 Å². The first-order valence-corrected chi connectivity index (χ1v) is 6.84. The Kier molecular flexibility index (Phi) is 4.26. The molecule has 1 heterocycles. The molecule has 2 N–H and O–H groups in total. The van der Waals surface area contributed by atoms with Crippen LogP contribution in [0.15, 0.2) is 27.6 Å². The lowest BCUT2D eigenvalue weighted by Gasteiger charge is -2.22. The fourth-order valence-corrected chi connectivity index (χ4v) is 2.62. The van der Waals surface area contributed by atoms with Crippen LogP contribution < -0.4 is 10.6 Å². The van der Waals surface area contributed by atoms with E-state index in [0.717, 1.165) is 4.47 Å². The van der Waals surface area contributed by atoms with Crippen molar-refractivity contribution in [2.75, 3.05) is 0 Å². The molecule has 1 aliphatic rings. The summed E-state index contributed by atoms with van der Waals surface area (Å²) < 4.78 is 0.815. The van der Waals surface area contributed by atoms with Crippen LogP contribution in [0.25, 0.3) is 0 Å². The maximum atomic E-state index is 12.0. The van der Waals surface area contributed by atoms with Gasteiger partial charge in [0.2, 0.25) is 11.8 Å². The lowest BCUT2D eigenvalue weighted by Crippen LogP contribution is -2.52. The van der Waals surface area contributed by atoms with Crippen molar-refractivity contribution in [3.63, 3.8) is 0 Å². The largest absolute Gasteiger partial charge is 0.340 e. The second-order valence-electron chi connectivity index (χ2n) is 4.14. The predicted octanol–water partition coefficient (Wildman–Crippen LogP) is 1.27. The first-order chi connectivity index (χ1) is 8.97. The molecule has 1 aromatic rings. The molecule has 0 spiro atoms. The number of piperidine rings is 1. The minimum absolute atomic E-state index is 0.227. The number of imide groups is 1. The van der Waals surface area contributed by atoms with Crippen molar-refractivity contribution in [1.82, 2.24) is 10.6 Å². The van der Waals surface area contributed by atoms with E-state index in [1.807, 2.05) is 0 Å². The Morgan fingerprint density at radius 2 is 2.16 bits per heavy atom. The van der Waals surface area contributed by atoms with Gasteiger partial charge >= 0.3 is 0 Å². The second kappa shape index (κ2) is 5.75. The molecule has 3 amide bonds. The zero-order chi connectivity index (χ0) is 14.0. The Balaban J connectivity index is 2.09. The van der Waals surface area contributed by atoms with E-state index in [1.165, 1.54) is 0 Å². The van der Waals surface area contributed by atoms with Crippen LogP contribution in [0.3, 0.4) is 0 Å². The number of halogens is 1. The Hall–Kier alpha value is -1.34. The van der Waals surface area contributed by atoms with Crippen molar-refractivity contribution >= 4 is 46.3 Å². The molecule has 2 rings (SSSR count). The Labute approximate surface area is 123 Å². The first kappa shape index (κ1) is 14.1. The SMILES string of the molecule is O=C1CCC(NC(=O)c2ccc(Br)cc2S)C(=O)N1. The molecular weight excluding hydrogens is 332 g/mol. The van der Waals surface area contributed by atoms with Crippen molar-refractivity contribution < 1.29 is 14.4 Å². The summed E-state index contributed by atoms with van der Waals surface area (Å²) in [7, 11) is 0. The molecule has 1 fully saturated rings. The highest BCUT2D eigenvalue weighted by molar-refractivity contribution is 9.10. The Morgan fingerprint density at radius 1 is 1.42 bits per heavy atom. The van der Waals surface area contributed by atoms with Crippen LogP contribution in [0.5, 0.6) is 0 Å². The number of hydrogen-bond donors (Lipinski definition) is 3. The number of amides is 3. The summed E-state index contributed by atoms with van der Waals surface area (Å²) in [4.78, 5) is 35.1. The summed E-state index contributed by atoms with van der Waals surface area (Å²) in [5.41, 5.74) is 0.385. The maximum absolute atomic E-state index is 12.0. The topological polar surface area (TPSA) is 75.3 Å². The van der Waals surface area contributed by atoms with Crippen molar-refractivity contribution in [1.29, 1.82) is 0 Å². The predicted molar refractivity (Wildman–Crippen MR) is 75.0 cm³/mol. The van der Waals surface area contributed by atoms with Gasteiger partial charge in [-0.2, -0.15) is 0 Å². The van der Waals surface area contributed by atoms with Gasteiger partial charge in [0.15, 0.2) is 0 Å². The molecule has 0 aliphatic carbocycles. The highest BCUT2D eigenvalue weighted by Crippen LogP contribution is 2.20. The zero-order valence-electron chi connectivity index (χ0n) is 9.77. The van der Waals surface area contributed by atoms with Gasteiger partial charge in [0.1, 0.15) is 6.04 Å². The first-order valence-electron chi connectivity index (χ1n) is 5.60. The van der Waals surface area contributed by atoms with Crippen molar-refractivity contribution in [2.24, 2.45) is 0 Å². The Morgan fingerprint density at radius 3 is 2.79 bits per heavy atom. The molecule has 1 unspecified atom stereocenters. The molecule has 1 aliphatic heterocycles. The molecular formula is C12H11BrN2O3S. The Bertz CT molecular complexity index is 562. The molecule has 1 atom stereocenters. The fourth-order valence-electron chi connectivity index (χ4n) is 1.76. The van der Waals surface area contributed by atoms with E-state index in [0.29, 0.717) is 16.9 Å². The van der Waals surface area contributed by atoms with Gasteiger partial charge in [-0.05, 0) is 24.6 Å². The number of thiol groups is 1. The number of rotatable bonds is 2. The molecule has 0 bridgehead atoms. The summed E-state index contributed by atoms with van der Waals surface area (Å²) in [6, 6.07) is 4.36. The standard InChI is InChI=1S/C12H11BrN2O3S/c13-6-1-2-7(9(19)5-6)11(17)14-8-3-4-10(16)15-12(8)18/h1-2,5,8,19H,3-4H2,(H,14,17)(H,15,16,18). The number of carbonyl (C=O) groups excluding carboxylic acids is 3. The van der Waals surface area contributed by atoms with Gasteiger partial charge < -0.3 is 5.32 Å². The molecule has 0 aromatic heterocycles. The molecule has 1 saturated heterocycles. The van der Waals surface area contributed by atoms with Crippen LogP contribution in [-0.2, 0) is 9.59 Å². The van der Waals surface area contributed by atoms with Gasteiger partial charge in [-0.25, -0.2) is 0 Å². The van der Waals surface area contributed by atoms with E-state index < -0.39 is 11.9 Å². The van der Waals surface area contributed by atoms with Crippen molar-refractivity contribution in [3.8, 4) is 0 Å². The summed E-state index contributed by atoms with van der Waals surface area (Å²) in [6.07, 6.45) is 0.541. The number of carbonyl (C=O) groups is 3. The molecule has 100 valence electrons. The lowest BCUT2D eigenvalue weighted by atomic mass is 10.1. The van der Waals surface area contributed by atoms with Crippen LogP contribution in [0.4, 0.5) is 0 Å². The minimum atomic E-state index is -0.679. The second-order valence-corrected chi connectivity index (χ2v) is 5.54. The van der Waals surface area contributed by atoms with E-state index in [2.05, 4.69) is 39.2 Å². The molecule has 0 saturated carbocycles. The summed E-state index contributed by atoms with van der Waals surface area (Å²) >= 11 is 7.49. The van der Waals surface area contributed by atoms with Gasteiger partial charge in [-0.1, -0.05) is 15.9 Å². The van der Waals surface area contributed by atoms with Crippen LogP contribution in [0, 0.1) is 0 Å². The number of nitrogens with one attached hydrogen (secondary N) is 2. The normalized spacial score (nSPS) is 18.9. The van der Waals surface area contributed by atoms with E-state index in [1.54, 1.807) is 18.2 Å². The molecule has 0 radical (unpaired) electrons. The van der Waals surface area contributed by atoms with Crippen LogP contribution in [0.1, 0.15) is 23.2 Å². The van der Waals surface area contributed by atoms with Gasteiger partial charge in [0.05, 0.1) is 5.56 Å². The molecule has 7 heteroatoms. The highest BCUT2D eigenvalue weighted by Gasteiger charge is 2.28. The van der Waals surface area contributed by atoms with E-state index in [9.17, 15) is 14.4 Å². The van der Waals surface area contributed by atoms with E-state index in [-0.39, 0.29) is 18.2 Å². The smallest absolute Gasteiger partial charge is 0.253 e. The molecule has 5 nitrogen and oxygen atoms in total. The van der Waals surface area contributed by atoms with Gasteiger partial charge in [-0.15, -0.1) is 12.6 Å². The number of benzene rings is 1. The van der Waals surface area contributed by atoms with E-state index in [4.69, 9.17) is 0 Å². The lowest BCUT2D eigenvalue weighted by molar-refractivity contribution is -0.134.